The van der Waals surface area contributed by atoms with Gasteiger partial charge in [-0.3, -0.25) is 4.79 Å². The first-order valence-corrected chi connectivity index (χ1v) is 6.64. The minimum absolute atomic E-state index is 0.0545. The van der Waals surface area contributed by atoms with Crippen LogP contribution in [0.3, 0.4) is 0 Å². The Hall–Kier alpha value is -1.69. The summed E-state index contributed by atoms with van der Waals surface area (Å²) in [5.41, 5.74) is 0. The number of hydrogen-bond donors (Lipinski definition) is 1. The second kappa shape index (κ2) is 6.65. The van der Waals surface area contributed by atoms with Crippen molar-refractivity contribution in [2.24, 2.45) is 0 Å². The molecule has 1 aliphatic heterocycles. The van der Waals surface area contributed by atoms with Crippen LogP contribution in [0.1, 0.15) is 12.8 Å². The molecule has 1 saturated heterocycles. The molecule has 1 fully saturated rings. The van der Waals surface area contributed by atoms with E-state index in [0.717, 1.165) is 6.07 Å². The molecule has 4 nitrogen and oxygen atoms in total. The molecular weight excluding hydrogens is 266 g/mol. The van der Waals surface area contributed by atoms with Crippen molar-refractivity contribution in [3.05, 3.63) is 29.8 Å². The number of rotatable bonds is 4. The van der Waals surface area contributed by atoms with Gasteiger partial charge in [0.25, 0.3) is 0 Å². The smallest absolute Gasteiger partial charge is 0.236 e. The predicted octanol–water partition coefficient (Wildman–Crippen LogP) is 1.55. The number of piperidine rings is 1. The Morgan fingerprint density at radius 2 is 2.10 bits per heavy atom. The lowest BCUT2D eigenvalue weighted by atomic mass is 10.1. The number of carbonyl (C=O) groups is 1. The fourth-order valence-electron chi connectivity index (χ4n) is 2.24. The Bertz CT molecular complexity index is 474. The van der Waals surface area contributed by atoms with Crippen LogP contribution < -0.4 is 10.1 Å². The number of nitrogens with zero attached hydrogens (tertiary/aromatic N) is 1. The molecule has 0 radical (unpaired) electrons. The van der Waals surface area contributed by atoms with Crippen LogP contribution in [0, 0.1) is 11.6 Å². The molecule has 0 atom stereocenters. The molecule has 110 valence electrons. The number of nitrogens with one attached hydrogen (secondary N) is 1. The quantitative estimate of drug-likeness (QED) is 0.912. The maximum atomic E-state index is 13.5. The monoisotopic (exact) mass is 284 g/mol. The van der Waals surface area contributed by atoms with E-state index in [1.165, 1.54) is 12.1 Å². The van der Waals surface area contributed by atoms with Gasteiger partial charge in [-0.15, -0.1) is 0 Å². The van der Waals surface area contributed by atoms with Gasteiger partial charge in [-0.1, -0.05) is 0 Å². The SMILES string of the molecule is CNCC(=O)N1CCC(Oc2ccc(F)cc2F)CC1. The van der Waals surface area contributed by atoms with Crippen LogP contribution in [0.2, 0.25) is 0 Å². The third kappa shape index (κ3) is 3.66. The van der Waals surface area contributed by atoms with Crippen molar-refractivity contribution >= 4 is 5.91 Å². The van der Waals surface area contributed by atoms with Crippen molar-refractivity contribution in [3.63, 3.8) is 0 Å². The molecule has 0 aromatic heterocycles. The second-order valence-corrected chi connectivity index (χ2v) is 4.80. The minimum Gasteiger partial charge on any atom is -0.487 e. The Labute approximate surface area is 116 Å². The van der Waals surface area contributed by atoms with Crippen molar-refractivity contribution in [3.8, 4) is 5.75 Å². The zero-order chi connectivity index (χ0) is 14.5. The summed E-state index contributed by atoms with van der Waals surface area (Å²) >= 11 is 0. The molecule has 1 heterocycles. The Morgan fingerprint density at radius 1 is 1.40 bits per heavy atom. The molecule has 0 unspecified atom stereocenters. The lowest BCUT2D eigenvalue weighted by molar-refractivity contribution is -0.131. The molecule has 0 aliphatic carbocycles. The van der Waals surface area contributed by atoms with Gasteiger partial charge >= 0.3 is 0 Å². The number of amides is 1. The van der Waals surface area contributed by atoms with Crippen molar-refractivity contribution in [1.82, 2.24) is 10.2 Å². The molecule has 0 spiro atoms. The zero-order valence-electron chi connectivity index (χ0n) is 11.4. The normalized spacial score (nSPS) is 16.2. The average molecular weight is 284 g/mol. The average Bonchev–Trinajstić information content (AvgIpc) is 2.43. The summed E-state index contributed by atoms with van der Waals surface area (Å²) in [4.78, 5) is 13.4. The van der Waals surface area contributed by atoms with Gasteiger partial charge < -0.3 is 15.0 Å². The second-order valence-electron chi connectivity index (χ2n) is 4.80. The van der Waals surface area contributed by atoms with E-state index in [4.69, 9.17) is 4.74 Å². The van der Waals surface area contributed by atoms with E-state index in [-0.39, 0.29) is 17.8 Å². The number of ether oxygens (including phenoxy) is 1. The highest BCUT2D eigenvalue weighted by molar-refractivity contribution is 5.78. The van der Waals surface area contributed by atoms with E-state index in [9.17, 15) is 13.6 Å². The van der Waals surface area contributed by atoms with Crippen LogP contribution in [0.15, 0.2) is 18.2 Å². The van der Waals surface area contributed by atoms with Crippen molar-refractivity contribution < 1.29 is 18.3 Å². The molecule has 1 N–H and O–H groups in total. The Kier molecular flexibility index (Phi) is 4.89. The molecule has 0 saturated carbocycles. The highest BCUT2D eigenvalue weighted by atomic mass is 19.1. The standard InChI is InChI=1S/C14H18F2N2O2/c1-17-9-14(19)18-6-4-11(5-7-18)20-13-3-2-10(15)8-12(13)16/h2-3,8,11,17H,4-7,9H2,1H3. The van der Waals surface area contributed by atoms with E-state index in [1.807, 2.05) is 0 Å². The minimum atomic E-state index is -0.696. The largest absolute Gasteiger partial charge is 0.487 e. The maximum absolute atomic E-state index is 13.5. The summed E-state index contributed by atoms with van der Waals surface area (Å²) < 4.78 is 31.8. The molecule has 1 aromatic rings. The van der Waals surface area contributed by atoms with Gasteiger partial charge in [-0.2, -0.15) is 0 Å². The topological polar surface area (TPSA) is 41.6 Å². The van der Waals surface area contributed by atoms with Crippen LogP contribution in [0.5, 0.6) is 5.75 Å². The van der Waals surface area contributed by atoms with Crippen LogP contribution in [-0.2, 0) is 4.79 Å². The van der Waals surface area contributed by atoms with Gasteiger partial charge in [0.15, 0.2) is 11.6 Å². The first kappa shape index (κ1) is 14.7. The number of carbonyl (C=O) groups excluding carboxylic acids is 1. The summed E-state index contributed by atoms with van der Waals surface area (Å²) in [6.45, 7) is 1.50. The summed E-state index contributed by atoms with van der Waals surface area (Å²) in [7, 11) is 1.73. The van der Waals surface area contributed by atoms with Gasteiger partial charge in [-0.25, -0.2) is 8.78 Å². The van der Waals surface area contributed by atoms with Crippen molar-refractivity contribution in [1.29, 1.82) is 0 Å². The molecule has 1 aliphatic rings. The van der Waals surface area contributed by atoms with E-state index >= 15 is 0 Å². The van der Waals surface area contributed by atoms with E-state index in [2.05, 4.69) is 5.32 Å². The number of likely N-dealkylation sites (tertiary alicyclic amines) is 1. The van der Waals surface area contributed by atoms with E-state index < -0.39 is 11.6 Å². The third-order valence-electron chi connectivity index (χ3n) is 3.31. The molecule has 1 amide bonds. The fraction of sp³-hybridized carbons (Fsp3) is 0.500. The molecule has 6 heteroatoms. The Balaban J connectivity index is 1.86. The zero-order valence-corrected chi connectivity index (χ0v) is 11.4. The highest BCUT2D eigenvalue weighted by Gasteiger charge is 2.24. The number of likely N-dealkylation sites (N-methyl/N-ethyl adjacent to an activating group) is 1. The summed E-state index contributed by atoms with van der Waals surface area (Å²) in [5, 5.41) is 2.82. The first-order valence-electron chi connectivity index (χ1n) is 6.64. The molecule has 2 rings (SSSR count). The van der Waals surface area contributed by atoms with Gasteiger partial charge in [-0.05, 0) is 19.2 Å². The van der Waals surface area contributed by atoms with Gasteiger partial charge in [0.05, 0.1) is 6.54 Å². The van der Waals surface area contributed by atoms with Gasteiger partial charge in [0.1, 0.15) is 11.9 Å². The lowest BCUT2D eigenvalue weighted by Gasteiger charge is -2.32. The fourth-order valence-corrected chi connectivity index (χ4v) is 2.24. The predicted molar refractivity (Wildman–Crippen MR) is 70.5 cm³/mol. The van der Waals surface area contributed by atoms with Crippen LogP contribution in [0.4, 0.5) is 8.78 Å². The Morgan fingerprint density at radius 3 is 2.70 bits per heavy atom. The van der Waals surface area contributed by atoms with Gasteiger partial charge in [0, 0.05) is 32.0 Å². The van der Waals surface area contributed by atoms with Crippen LogP contribution in [0.25, 0.3) is 0 Å². The summed E-state index contributed by atoms with van der Waals surface area (Å²) in [6.07, 6.45) is 1.15. The van der Waals surface area contributed by atoms with Crippen LogP contribution >= 0.6 is 0 Å². The van der Waals surface area contributed by atoms with Crippen molar-refractivity contribution in [2.45, 2.75) is 18.9 Å². The van der Waals surface area contributed by atoms with Gasteiger partial charge in [0.2, 0.25) is 5.91 Å². The van der Waals surface area contributed by atoms with Crippen molar-refractivity contribution in [2.75, 3.05) is 26.7 Å². The molecular formula is C14H18F2N2O2. The lowest BCUT2D eigenvalue weighted by Crippen LogP contribution is -2.44. The highest BCUT2D eigenvalue weighted by Crippen LogP contribution is 2.22. The summed E-state index contributed by atoms with van der Waals surface area (Å²) in [5.74, 6) is -1.20. The number of hydrogen-bond acceptors (Lipinski definition) is 3. The maximum Gasteiger partial charge on any atom is 0.236 e. The first-order chi connectivity index (χ1) is 9.60. The molecule has 20 heavy (non-hydrogen) atoms. The summed E-state index contributed by atoms with van der Waals surface area (Å²) in [6, 6.07) is 3.27. The van der Waals surface area contributed by atoms with E-state index in [0.29, 0.717) is 32.5 Å². The number of benzene rings is 1. The van der Waals surface area contributed by atoms with E-state index in [1.54, 1.807) is 11.9 Å². The van der Waals surface area contributed by atoms with Crippen LogP contribution in [-0.4, -0.2) is 43.6 Å². The third-order valence-corrected chi connectivity index (χ3v) is 3.31. The molecule has 1 aromatic carbocycles. The number of halogens is 2. The molecule has 0 bridgehead atoms.